The second-order valence-electron chi connectivity index (χ2n) is 16.4. The molecule has 0 fully saturated rings. The Kier molecular flexibility index (Phi) is 24.5. The van der Waals surface area contributed by atoms with Gasteiger partial charge in [0.1, 0.15) is 17.5 Å². The average Bonchev–Trinajstić information content (AvgIpc) is 4.30. The SMILES string of the molecule is Cc1ccc(S(=O)(=O)N(C#N)c2ccccc2)cc1.N#Cc1ccc(Br)cc1N.N=c1nc2cc(Br)ccc2c2n1CCN2.NCCN.Nc1cc(Br)ccc1C1=NCCC1.Nc1nc2cc(Br)ccc2c2nccn12.[O]=[Mn]=[O]. The van der Waals surface area contributed by atoms with Crippen LogP contribution < -0.4 is 43.9 Å². The van der Waals surface area contributed by atoms with E-state index in [-0.39, 0.29) is 4.90 Å². The first-order valence-electron chi connectivity index (χ1n) is 23.5. The Morgan fingerprint density at radius 1 is 0.772 bits per heavy atom. The van der Waals surface area contributed by atoms with Gasteiger partial charge in [-0.2, -0.15) is 23.2 Å². The molecule has 0 amide bonds. The number of nitrogens with one attached hydrogen (secondary N) is 2. The molecule has 26 heteroatoms. The predicted octanol–water partition coefficient (Wildman–Crippen LogP) is 9.78. The molecule has 2 aliphatic heterocycles. The van der Waals surface area contributed by atoms with Gasteiger partial charge in [-0.1, -0.05) is 99.6 Å². The number of para-hydroxylation sites is 1. The Labute approximate surface area is 495 Å². The first-order valence-corrected chi connectivity index (χ1v) is 29.0. The van der Waals surface area contributed by atoms with Crippen molar-refractivity contribution in [3.05, 3.63) is 180 Å². The van der Waals surface area contributed by atoms with Gasteiger partial charge in [0, 0.05) is 90.7 Å². The van der Waals surface area contributed by atoms with Gasteiger partial charge in [-0.15, -0.1) is 0 Å². The number of aryl methyl sites for hydroxylation is 1. The van der Waals surface area contributed by atoms with E-state index in [4.69, 9.17) is 52.3 Å². The molecule has 3 aromatic heterocycles. The number of anilines is 5. The number of hydrogen-bond acceptors (Lipinski definition) is 17. The van der Waals surface area contributed by atoms with E-state index in [1.807, 2.05) is 72.2 Å². The van der Waals surface area contributed by atoms with Crippen molar-refractivity contribution in [3.63, 3.8) is 0 Å². The van der Waals surface area contributed by atoms with Gasteiger partial charge in [-0.3, -0.25) is 19.4 Å². The first-order chi connectivity index (χ1) is 37.9. The van der Waals surface area contributed by atoms with E-state index in [0.717, 1.165) is 110 Å². The number of benzene rings is 6. The monoisotopic (exact) mass is 1380 g/mol. The standard InChI is InChI=1S/C14H12N2O2S.C10H9BrN4.C10H7BrN4.C10H11BrN2.C7H5BrN2.C2H8N2.Mn.2O/c1-12-7-9-14(10-8-12)19(17,18)16(11-15)13-5-3-2-4-6-13;2*11-6-1-2-7-8(5-6)14-10(12)15-4-3-13-9(7)15;11-7-3-4-8(9(12)6-7)10-2-1-5-13-10;8-6-2-1-5(4-9)7(10)3-6;3-1-2-4;;;/h2-10H,1H3;1-2,5,12-13H,3-4H2;1-5H,(H2,12,14);3-4,6H,1-2,5,12H2;1-3H,10H2;1-4H2;;;. The molecule has 409 valence electrons. The molecule has 79 heavy (non-hydrogen) atoms. The third kappa shape index (κ3) is 17.4. The summed E-state index contributed by atoms with van der Waals surface area (Å²) >= 11 is 12.0. The third-order valence-electron chi connectivity index (χ3n) is 11.1. The molecule has 9 aromatic rings. The van der Waals surface area contributed by atoms with Gasteiger partial charge < -0.3 is 34.0 Å². The van der Waals surface area contributed by atoms with Crippen LogP contribution in [0.15, 0.2) is 168 Å². The van der Waals surface area contributed by atoms with E-state index >= 15 is 0 Å². The molecule has 12 N–H and O–H groups in total. The normalized spacial score (nSPS) is 11.6. The van der Waals surface area contributed by atoms with Crippen molar-refractivity contribution in [1.82, 2.24) is 23.9 Å². The van der Waals surface area contributed by atoms with Crippen LogP contribution in [0.1, 0.15) is 29.5 Å². The van der Waals surface area contributed by atoms with Crippen LogP contribution in [0.5, 0.6) is 0 Å². The summed E-state index contributed by atoms with van der Waals surface area (Å²) in [6.07, 6.45) is 7.46. The quantitative estimate of drug-likeness (QED) is 0.0365. The van der Waals surface area contributed by atoms with Gasteiger partial charge in [0.05, 0.1) is 32.9 Å². The molecule has 11 rings (SSSR count). The maximum atomic E-state index is 12.4. The van der Waals surface area contributed by atoms with Crippen molar-refractivity contribution in [2.24, 2.45) is 16.5 Å². The van der Waals surface area contributed by atoms with E-state index in [2.05, 4.69) is 89.0 Å². The van der Waals surface area contributed by atoms with E-state index in [1.54, 1.807) is 83.7 Å². The number of halogens is 4. The van der Waals surface area contributed by atoms with Crippen molar-refractivity contribution < 1.29 is 30.9 Å². The number of nitrogens with zero attached hydrogens (tertiary/aromatic N) is 9. The van der Waals surface area contributed by atoms with Crippen LogP contribution in [-0.4, -0.2) is 64.2 Å². The molecule has 0 unspecified atom stereocenters. The maximum absolute atomic E-state index is 12.4. The molecule has 0 radical (unpaired) electrons. The second kappa shape index (κ2) is 30.9. The summed E-state index contributed by atoms with van der Waals surface area (Å²) < 4.78 is 49.9. The van der Waals surface area contributed by atoms with Crippen LogP contribution in [0.3, 0.4) is 0 Å². The first kappa shape index (κ1) is 62.7. The Bertz CT molecular complexity index is 3890. The molecule has 0 saturated carbocycles. The molecule has 6 aromatic carbocycles. The molecule has 2 aliphatic rings. The predicted molar refractivity (Wildman–Crippen MR) is 319 cm³/mol. The number of rotatable bonds is 5. The summed E-state index contributed by atoms with van der Waals surface area (Å²) in [7, 11) is -3.85. The van der Waals surface area contributed by atoms with Gasteiger partial charge in [0.15, 0.2) is 6.19 Å². The molecule has 0 spiro atoms. The van der Waals surface area contributed by atoms with Crippen LogP contribution in [-0.2, 0) is 39.1 Å². The van der Waals surface area contributed by atoms with Gasteiger partial charge >= 0.3 is 22.5 Å². The van der Waals surface area contributed by atoms with Crippen molar-refractivity contribution in [1.29, 1.82) is 15.9 Å². The number of hydrogen-bond donors (Lipinski definition) is 7. The van der Waals surface area contributed by atoms with E-state index < -0.39 is 24.8 Å². The molecule has 0 saturated heterocycles. The number of aromatic nitrogens is 5. The number of aliphatic imine (C=N–C) groups is 1. The van der Waals surface area contributed by atoms with Gasteiger partial charge in [0.2, 0.25) is 11.6 Å². The molecular formula is C53H52Br4MnN16O4S. The number of sulfonamides is 1. The minimum absolute atomic E-state index is 0.100. The van der Waals surface area contributed by atoms with Crippen LogP contribution in [0, 0.1) is 35.1 Å². The minimum atomic E-state index is -3.85. The van der Waals surface area contributed by atoms with E-state index in [9.17, 15) is 8.42 Å². The van der Waals surface area contributed by atoms with Gasteiger partial charge in [-0.25, -0.2) is 15.0 Å². The number of imidazole rings is 1. The fraction of sp³-hybridized carbons (Fsp3) is 0.151. The van der Waals surface area contributed by atoms with E-state index in [1.165, 1.54) is 12.1 Å². The zero-order valence-corrected chi connectivity index (χ0v) is 50.4. The number of nitriles is 2. The average molecular weight is 1380 g/mol. The summed E-state index contributed by atoms with van der Waals surface area (Å²) in [6.45, 7) is 5.72. The number of nitrogens with two attached hydrogens (primary N) is 5. The topological polar surface area (TPSA) is 345 Å². The van der Waals surface area contributed by atoms with Gasteiger partial charge in [0.25, 0.3) is 10.0 Å². The summed E-state index contributed by atoms with van der Waals surface area (Å²) in [5, 5.41) is 30.8. The Morgan fingerprint density at radius 2 is 1.35 bits per heavy atom. The van der Waals surface area contributed by atoms with Crippen molar-refractivity contribution in [2.75, 3.05) is 53.0 Å². The zero-order chi connectivity index (χ0) is 57.6. The second-order valence-corrected chi connectivity index (χ2v) is 22.1. The summed E-state index contributed by atoms with van der Waals surface area (Å²) in [5.74, 6) is 1.46. The van der Waals surface area contributed by atoms with Gasteiger partial charge in [-0.05, 0) is 117 Å². The fourth-order valence-corrected chi connectivity index (χ4v) is 10.0. The summed E-state index contributed by atoms with van der Waals surface area (Å²) in [4.78, 5) is 17.4. The van der Waals surface area contributed by atoms with Crippen molar-refractivity contribution >= 4 is 136 Å². The Morgan fingerprint density at radius 3 is 1.92 bits per heavy atom. The number of fused-ring (bicyclic) bond motifs is 6. The molecule has 0 atom stereocenters. The van der Waals surface area contributed by atoms with Crippen LogP contribution >= 0.6 is 63.7 Å². The fourth-order valence-electron chi connectivity index (χ4n) is 7.39. The van der Waals surface area contributed by atoms with E-state index in [0.29, 0.717) is 41.6 Å². The molecule has 0 aliphatic carbocycles. The Balaban J connectivity index is 0.000000178. The third-order valence-corrected chi connectivity index (χ3v) is 14.7. The summed E-state index contributed by atoms with van der Waals surface area (Å²) in [5.41, 5.74) is 35.2. The van der Waals surface area contributed by atoms with Crippen molar-refractivity contribution in [2.45, 2.75) is 31.2 Å². The number of nitrogen functional groups attached to an aromatic ring is 3. The van der Waals surface area contributed by atoms with Crippen LogP contribution in [0.4, 0.5) is 28.8 Å². The van der Waals surface area contributed by atoms with Crippen LogP contribution in [0.2, 0.25) is 0 Å². The molecule has 0 bridgehead atoms. The zero-order valence-electron chi connectivity index (χ0n) is 42.1. The summed E-state index contributed by atoms with van der Waals surface area (Å²) in [6, 6.07) is 39.6. The Hall–Kier alpha value is -7.10. The van der Waals surface area contributed by atoms with Crippen molar-refractivity contribution in [3.8, 4) is 12.3 Å². The van der Waals surface area contributed by atoms with Crippen LogP contribution in [0.25, 0.3) is 27.5 Å². The molecule has 5 heterocycles. The molecular weight excluding hydrogens is 1330 g/mol. The molecule has 20 nitrogen and oxygen atoms in total.